The van der Waals surface area contributed by atoms with Crippen LogP contribution in [0.4, 0.5) is 5.88 Å². The van der Waals surface area contributed by atoms with Gasteiger partial charge in [0.2, 0.25) is 20.7 Å². The van der Waals surface area contributed by atoms with Gasteiger partial charge in [0.1, 0.15) is 0 Å². The van der Waals surface area contributed by atoms with Crippen molar-refractivity contribution in [1.82, 2.24) is 4.98 Å². The zero-order valence-electron chi connectivity index (χ0n) is 14.8. The summed E-state index contributed by atoms with van der Waals surface area (Å²) in [6, 6.07) is 18.0. The van der Waals surface area contributed by atoms with E-state index >= 15 is 0 Å². The predicted octanol–water partition coefficient (Wildman–Crippen LogP) is 4.32. The van der Waals surface area contributed by atoms with Crippen LogP contribution in [0.1, 0.15) is 25.3 Å². The first kappa shape index (κ1) is 18.2. The van der Waals surface area contributed by atoms with E-state index in [1.807, 2.05) is 44.2 Å². The van der Waals surface area contributed by atoms with E-state index in [0.717, 1.165) is 5.56 Å². The van der Waals surface area contributed by atoms with Crippen LogP contribution in [0.3, 0.4) is 0 Å². The Hall–Kier alpha value is -2.60. The Morgan fingerprint density at radius 3 is 2.23 bits per heavy atom. The second kappa shape index (κ2) is 7.74. The van der Waals surface area contributed by atoms with Gasteiger partial charge in [0, 0.05) is 13.0 Å². The molecule has 0 aliphatic carbocycles. The lowest BCUT2D eigenvalue weighted by Gasteiger charge is -2.06. The maximum absolute atomic E-state index is 13.0. The average molecular weight is 370 g/mol. The molecule has 0 unspecified atom stereocenters. The molecule has 0 amide bonds. The third kappa shape index (κ3) is 4.14. The molecule has 5 nitrogen and oxygen atoms in total. The minimum absolute atomic E-state index is 0.0599. The molecule has 0 saturated carbocycles. The van der Waals surface area contributed by atoms with Gasteiger partial charge in [0.25, 0.3) is 0 Å². The maximum Gasteiger partial charge on any atom is 0.233 e. The second-order valence-corrected chi connectivity index (χ2v) is 8.36. The summed E-state index contributed by atoms with van der Waals surface area (Å²) >= 11 is 0. The van der Waals surface area contributed by atoms with Crippen LogP contribution in [-0.4, -0.2) is 13.4 Å². The number of nitrogens with one attached hydrogen (secondary N) is 1. The van der Waals surface area contributed by atoms with Crippen molar-refractivity contribution >= 4 is 15.7 Å². The molecule has 1 aromatic heterocycles. The number of hydrogen-bond acceptors (Lipinski definition) is 5. The van der Waals surface area contributed by atoms with Gasteiger partial charge in [-0.25, -0.2) is 8.42 Å². The summed E-state index contributed by atoms with van der Waals surface area (Å²) in [6.07, 6.45) is 0.574. The van der Waals surface area contributed by atoms with Crippen LogP contribution in [-0.2, 0) is 22.8 Å². The van der Waals surface area contributed by atoms with Gasteiger partial charge in [0.15, 0.2) is 5.89 Å². The highest BCUT2D eigenvalue weighted by atomic mass is 32.2. The van der Waals surface area contributed by atoms with Gasteiger partial charge in [-0.2, -0.15) is 4.98 Å². The minimum atomic E-state index is -3.76. The molecule has 1 heterocycles. The molecule has 3 rings (SSSR count). The van der Waals surface area contributed by atoms with Crippen molar-refractivity contribution in [3.8, 4) is 0 Å². The lowest BCUT2D eigenvalue weighted by atomic mass is 10.1. The van der Waals surface area contributed by atoms with Gasteiger partial charge in [-0.05, 0) is 23.6 Å². The Morgan fingerprint density at radius 1 is 1.00 bits per heavy atom. The van der Waals surface area contributed by atoms with Gasteiger partial charge >= 0.3 is 0 Å². The summed E-state index contributed by atoms with van der Waals surface area (Å²) in [7, 11) is -3.76. The Labute approximate surface area is 154 Å². The Bertz CT molecular complexity index is 949. The number of benzene rings is 2. The van der Waals surface area contributed by atoms with E-state index in [1.165, 1.54) is 0 Å². The van der Waals surface area contributed by atoms with Crippen molar-refractivity contribution in [2.45, 2.75) is 36.7 Å². The number of aromatic nitrogens is 1. The van der Waals surface area contributed by atoms with E-state index in [0.29, 0.717) is 24.8 Å². The van der Waals surface area contributed by atoms with Crippen LogP contribution in [0.2, 0.25) is 0 Å². The quantitative estimate of drug-likeness (QED) is 0.671. The molecule has 0 bridgehead atoms. The molecule has 26 heavy (non-hydrogen) atoms. The number of anilines is 1. The van der Waals surface area contributed by atoms with E-state index in [1.54, 1.807) is 30.3 Å². The fraction of sp³-hybridized carbons (Fsp3) is 0.250. The number of nitrogens with zero attached hydrogens (tertiary/aromatic N) is 1. The monoisotopic (exact) mass is 370 g/mol. The molecule has 0 atom stereocenters. The van der Waals surface area contributed by atoms with Crippen LogP contribution in [0.5, 0.6) is 0 Å². The van der Waals surface area contributed by atoms with E-state index in [2.05, 4.69) is 10.3 Å². The molecule has 136 valence electrons. The SMILES string of the molecule is CC(C)Cc1nc(S(=O)(=O)c2ccccc2)c(NCc2ccccc2)o1. The molecule has 0 saturated heterocycles. The summed E-state index contributed by atoms with van der Waals surface area (Å²) in [5, 5.41) is 3.03. The van der Waals surface area contributed by atoms with Crippen molar-refractivity contribution in [2.75, 3.05) is 5.32 Å². The average Bonchev–Trinajstić information content (AvgIpc) is 3.04. The lowest BCUT2D eigenvalue weighted by molar-refractivity contribution is 0.466. The zero-order chi connectivity index (χ0) is 18.6. The molecule has 0 aliphatic rings. The van der Waals surface area contributed by atoms with Crippen LogP contribution < -0.4 is 5.32 Å². The fourth-order valence-electron chi connectivity index (χ4n) is 2.57. The molecular weight excluding hydrogens is 348 g/mol. The number of rotatable bonds is 7. The highest BCUT2D eigenvalue weighted by Crippen LogP contribution is 2.29. The van der Waals surface area contributed by atoms with E-state index in [9.17, 15) is 8.42 Å². The smallest absolute Gasteiger partial charge is 0.233 e. The molecule has 3 aromatic rings. The van der Waals surface area contributed by atoms with Crippen molar-refractivity contribution in [1.29, 1.82) is 0 Å². The number of sulfone groups is 1. The summed E-state index contributed by atoms with van der Waals surface area (Å²) in [4.78, 5) is 4.49. The molecule has 0 spiro atoms. The van der Waals surface area contributed by atoms with E-state index < -0.39 is 9.84 Å². The van der Waals surface area contributed by atoms with Gasteiger partial charge in [-0.3, -0.25) is 0 Å². The lowest BCUT2D eigenvalue weighted by Crippen LogP contribution is -2.07. The Morgan fingerprint density at radius 2 is 1.62 bits per heavy atom. The number of hydrogen-bond donors (Lipinski definition) is 1. The first-order chi connectivity index (χ1) is 12.5. The van der Waals surface area contributed by atoms with Gasteiger partial charge in [0.05, 0.1) is 4.90 Å². The second-order valence-electron chi connectivity index (χ2n) is 6.50. The summed E-state index contributed by atoms with van der Waals surface area (Å²) in [5.74, 6) is 0.918. The van der Waals surface area contributed by atoms with Crippen molar-refractivity contribution in [2.24, 2.45) is 5.92 Å². The maximum atomic E-state index is 13.0. The first-order valence-corrected chi connectivity index (χ1v) is 10.0. The zero-order valence-corrected chi connectivity index (χ0v) is 15.7. The van der Waals surface area contributed by atoms with Crippen molar-refractivity contribution < 1.29 is 12.8 Å². The highest BCUT2D eigenvalue weighted by molar-refractivity contribution is 7.91. The molecule has 0 fully saturated rings. The Kier molecular flexibility index (Phi) is 5.42. The van der Waals surface area contributed by atoms with Gasteiger partial charge in [-0.1, -0.05) is 62.4 Å². The van der Waals surface area contributed by atoms with Crippen LogP contribution in [0.25, 0.3) is 0 Å². The summed E-state index contributed by atoms with van der Waals surface area (Å²) in [5.41, 5.74) is 1.03. The normalized spacial score (nSPS) is 11.7. The third-order valence-electron chi connectivity index (χ3n) is 3.83. The van der Waals surface area contributed by atoms with E-state index in [-0.39, 0.29) is 15.8 Å². The van der Waals surface area contributed by atoms with Crippen LogP contribution in [0.15, 0.2) is 75.0 Å². The van der Waals surface area contributed by atoms with Crippen LogP contribution in [0, 0.1) is 5.92 Å². The molecular formula is C20H22N2O3S. The van der Waals surface area contributed by atoms with Crippen LogP contribution >= 0.6 is 0 Å². The standard InChI is InChI=1S/C20H22N2O3S/c1-15(2)13-18-22-20(26(23,24)17-11-7-4-8-12-17)19(25-18)21-14-16-9-5-3-6-10-16/h3-12,15,21H,13-14H2,1-2H3. The van der Waals surface area contributed by atoms with Crippen molar-refractivity contribution in [3.63, 3.8) is 0 Å². The Balaban J connectivity index is 1.96. The molecule has 6 heteroatoms. The summed E-state index contributed by atoms with van der Waals surface area (Å²) in [6.45, 7) is 4.52. The molecule has 0 aliphatic heterocycles. The minimum Gasteiger partial charge on any atom is -0.424 e. The predicted molar refractivity (Wildman–Crippen MR) is 101 cm³/mol. The molecule has 0 radical (unpaired) electrons. The third-order valence-corrected chi connectivity index (χ3v) is 5.51. The largest absolute Gasteiger partial charge is 0.424 e. The first-order valence-electron chi connectivity index (χ1n) is 8.54. The fourth-order valence-corrected chi connectivity index (χ4v) is 3.89. The number of oxazole rings is 1. The van der Waals surface area contributed by atoms with Crippen molar-refractivity contribution in [3.05, 3.63) is 72.1 Å². The molecule has 1 N–H and O–H groups in total. The van der Waals surface area contributed by atoms with E-state index in [4.69, 9.17) is 4.42 Å². The van der Waals surface area contributed by atoms with Gasteiger partial charge < -0.3 is 9.73 Å². The molecule has 2 aromatic carbocycles. The summed E-state index contributed by atoms with van der Waals surface area (Å²) < 4.78 is 31.8. The van der Waals surface area contributed by atoms with Gasteiger partial charge in [-0.15, -0.1) is 0 Å². The topological polar surface area (TPSA) is 72.2 Å². The highest BCUT2D eigenvalue weighted by Gasteiger charge is 2.28.